The Morgan fingerprint density at radius 3 is 2.82 bits per heavy atom. The molecule has 0 saturated heterocycles. The average molecular weight is 308 g/mol. The zero-order chi connectivity index (χ0) is 12.3. The zero-order valence-electron chi connectivity index (χ0n) is 8.74. The molecule has 0 spiro atoms. The van der Waals surface area contributed by atoms with Crippen molar-refractivity contribution in [3.63, 3.8) is 0 Å². The van der Waals surface area contributed by atoms with Gasteiger partial charge in [-0.2, -0.15) is 0 Å². The van der Waals surface area contributed by atoms with E-state index in [1.54, 1.807) is 12.3 Å². The molecule has 0 aliphatic rings. The molecule has 1 heterocycles. The Labute approximate surface area is 113 Å². The predicted molar refractivity (Wildman–Crippen MR) is 73.8 cm³/mol. The Bertz CT molecular complexity index is 614. The maximum atomic E-state index is 5.87. The SMILES string of the molecule is Nc1ncc(Br)cc1C#Cc1cccc(Cl)c1. The van der Waals surface area contributed by atoms with Gasteiger partial charge in [-0.3, -0.25) is 0 Å². The Balaban J connectivity index is 2.36. The third-order valence-corrected chi connectivity index (χ3v) is 2.72. The van der Waals surface area contributed by atoms with Crippen LogP contribution in [0.5, 0.6) is 0 Å². The van der Waals surface area contributed by atoms with Crippen LogP contribution in [0.1, 0.15) is 11.1 Å². The Kier molecular flexibility index (Phi) is 3.68. The molecule has 84 valence electrons. The molecule has 0 aliphatic carbocycles. The fourth-order valence-electron chi connectivity index (χ4n) is 1.26. The number of hydrogen-bond donors (Lipinski definition) is 1. The van der Waals surface area contributed by atoms with E-state index in [0.29, 0.717) is 16.4 Å². The van der Waals surface area contributed by atoms with Gasteiger partial charge in [-0.15, -0.1) is 0 Å². The number of nitrogens with two attached hydrogens (primary N) is 1. The van der Waals surface area contributed by atoms with Gasteiger partial charge in [-0.1, -0.05) is 29.5 Å². The molecule has 0 bridgehead atoms. The first kappa shape index (κ1) is 12.0. The molecule has 0 atom stereocenters. The lowest BCUT2D eigenvalue weighted by Crippen LogP contribution is -1.93. The summed E-state index contributed by atoms with van der Waals surface area (Å²) in [6, 6.07) is 9.19. The van der Waals surface area contributed by atoms with Gasteiger partial charge in [0.15, 0.2) is 0 Å². The highest BCUT2D eigenvalue weighted by Crippen LogP contribution is 2.15. The first-order chi connectivity index (χ1) is 8.15. The molecule has 17 heavy (non-hydrogen) atoms. The molecule has 2 rings (SSSR count). The van der Waals surface area contributed by atoms with Crippen molar-refractivity contribution in [3.05, 3.63) is 57.2 Å². The highest BCUT2D eigenvalue weighted by atomic mass is 79.9. The Hall–Kier alpha value is -1.50. The maximum Gasteiger partial charge on any atom is 0.139 e. The number of pyridine rings is 1. The summed E-state index contributed by atoms with van der Waals surface area (Å²) in [5.74, 6) is 6.38. The highest BCUT2D eigenvalue weighted by Gasteiger charge is 1.97. The molecule has 4 heteroatoms. The van der Waals surface area contributed by atoms with Crippen molar-refractivity contribution in [2.24, 2.45) is 0 Å². The smallest absolute Gasteiger partial charge is 0.139 e. The fourth-order valence-corrected chi connectivity index (χ4v) is 1.78. The van der Waals surface area contributed by atoms with Crippen LogP contribution in [0.25, 0.3) is 0 Å². The van der Waals surface area contributed by atoms with Crippen LogP contribution in [-0.4, -0.2) is 4.98 Å². The quantitative estimate of drug-likeness (QED) is 0.757. The molecular weight excluding hydrogens is 300 g/mol. The fraction of sp³-hybridized carbons (Fsp3) is 0. The maximum absolute atomic E-state index is 5.87. The number of anilines is 1. The summed E-state index contributed by atoms with van der Waals surface area (Å²) in [6.07, 6.45) is 1.64. The molecule has 2 aromatic rings. The van der Waals surface area contributed by atoms with Crippen LogP contribution in [0.3, 0.4) is 0 Å². The first-order valence-electron chi connectivity index (χ1n) is 4.84. The topological polar surface area (TPSA) is 38.9 Å². The summed E-state index contributed by atoms with van der Waals surface area (Å²) in [5, 5.41) is 0.664. The lowest BCUT2D eigenvalue weighted by molar-refractivity contribution is 1.30. The minimum absolute atomic E-state index is 0.419. The largest absolute Gasteiger partial charge is 0.383 e. The van der Waals surface area contributed by atoms with Crippen LogP contribution >= 0.6 is 27.5 Å². The molecular formula is C13H8BrClN2. The van der Waals surface area contributed by atoms with Crippen LogP contribution in [0.15, 0.2) is 41.0 Å². The average Bonchev–Trinajstić information content (AvgIpc) is 2.30. The number of nitrogen functional groups attached to an aromatic ring is 1. The van der Waals surface area contributed by atoms with Gasteiger partial charge >= 0.3 is 0 Å². The second kappa shape index (κ2) is 5.22. The first-order valence-corrected chi connectivity index (χ1v) is 6.01. The molecule has 0 radical (unpaired) electrons. The number of hydrogen-bond acceptors (Lipinski definition) is 2. The van der Waals surface area contributed by atoms with E-state index in [1.807, 2.05) is 24.3 Å². The number of rotatable bonds is 0. The molecule has 1 aromatic heterocycles. The summed E-state index contributed by atoms with van der Waals surface area (Å²) in [5.41, 5.74) is 7.26. The van der Waals surface area contributed by atoms with Crippen LogP contribution in [0, 0.1) is 11.8 Å². The predicted octanol–water partition coefficient (Wildman–Crippen LogP) is 3.48. The molecule has 0 amide bonds. The van der Waals surface area contributed by atoms with E-state index >= 15 is 0 Å². The Morgan fingerprint density at radius 2 is 2.06 bits per heavy atom. The molecule has 0 saturated carbocycles. The number of aromatic nitrogens is 1. The molecule has 2 N–H and O–H groups in total. The minimum atomic E-state index is 0.419. The van der Waals surface area contributed by atoms with Crippen LogP contribution in [-0.2, 0) is 0 Å². The monoisotopic (exact) mass is 306 g/mol. The zero-order valence-corrected chi connectivity index (χ0v) is 11.1. The van der Waals surface area contributed by atoms with Crippen LogP contribution in [0.4, 0.5) is 5.82 Å². The van der Waals surface area contributed by atoms with Crippen molar-refractivity contribution in [2.75, 3.05) is 5.73 Å². The summed E-state index contributed by atoms with van der Waals surface area (Å²) >= 11 is 9.20. The van der Waals surface area contributed by atoms with Gasteiger partial charge in [0.1, 0.15) is 5.82 Å². The summed E-state index contributed by atoms with van der Waals surface area (Å²) in [6.45, 7) is 0. The van der Waals surface area contributed by atoms with Gasteiger partial charge in [0.05, 0.1) is 5.56 Å². The van der Waals surface area contributed by atoms with Crippen molar-refractivity contribution in [1.82, 2.24) is 4.98 Å². The van der Waals surface area contributed by atoms with E-state index in [-0.39, 0.29) is 0 Å². The van der Waals surface area contributed by atoms with Crippen molar-refractivity contribution in [3.8, 4) is 11.8 Å². The van der Waals surface area contributed by atoms with Gasteiger partial charge in [0, 0.05) is 21.3 Å². The summed E-state index contributed by atoms with van der Waals surface area (Å²) in [4.78, 5) is 4.01. The number of benzene rings is 1. The minimum Gasteiger partial charge on any atom is -0.383 e. The van der Waals surface area contributed by atoms with Gasteiger partial charge in [0.25, 0.3) is 0 Å². The van der Waals surface area contributed by atoms with E-state index in [9.17, 15) is 0 Å². The standard InChI is InChI=1S/C13H8BrClN2/c14-11-7-10(13(16)17-8-11)5-4-9-2-1-3-12(15)6-9/h1-3,6-8H,(H2,16,17). The molecule has 1 aromatic carbocycles. The van der Waals surface area contributed by atoms with E-state index < -0.39 is 0 Å². The van der Waals surface area contributed by atoms with Gasteiger partial charge in [-0.05, 0) is 40.2 Å². The van der Waals surface area contributed by atoms with Crippen molar-refractivity contribution >= 4 is 33.3 Å². The number of halogens is 2. The van der Waals surface area contributed by atoms with E-state index in [1.165, 1.54) is 0 Å². The van der Waals surface area contributed by atoms with Crippen molar-refractivity contribution in [2.45, 2.75) is 0 Å². The van der Waals surface area contributed by atoms with Gasteiger partial charge < -0.3 is 5.73 Å². The van der Waals surface area contributed by atoms with Gasteiger partial charge in [0.2, 0.25) is 0 Å². The Morgan fingerprint density at radius 1 is 1.24 bits per heavy atom. The molecule has 0 fully saturated rings. The lowest BCUT2D eigenvalue weighted by atomic mass is 10.2. The lowest BCUT2D eigenvalue weighted by Gasteiger charge is -1.97. The second-order valence-electron chi connectivity index (χ2n) is 3.35. The third kappa shape index (κ3) is 3.23. The van der Waals surface area contributed by atoms with Gasteiger partial charge in [-0.25, -0.2) is 4.98 Å². The van der Waals surface area contributed by atoms with Crippen LogP contribution in [0.2, 0.25) is 5.02 Å². The summed E-state index contributed by atoms with van der Waals surface area (Å²) < 4.78 is 0.849. The number of nitrogens with zero attached hydrogens (tertiary/aromatic N) is 1. The summed E-state index contributed by atoms with van der Waals surface area (Å²) in [7, 11) is 0. The highest BCUT2D eigenvalue weighted by molar-refractivity contribution is 9.10. The second-order valence-corrected chi connectivity index (χ2v) is 4.70. The molecule has 0 unspecified atom stereocenters. The van der Waals surface area contributed by atoms with E-state index in [2.05, 4.69) is 32.8 Å². The van der Waals surface area contributed by atoms with Crippen molar-refractivity contribution in [1.29, 1.82) is 0 Å². The van der Waals surface area contributed by atoms with E-state index in [4.69, 9.17) is 17.3 Å². The van der Waals surface area contributed by atoms with Crippen LogP contribution < -0.4 is 5.73 Å². The normalized spacial score (nSPS) is 9.53. The molecule has 0 aliphatic heterocycles. The van der Waals surface area contributed by atoms with Crippen molar-refractivity contribution < 1.29 is 0 Å². The van der Waals surface area contributed by atoms with E-state index in [0.717, 1.165) is 10.0 Å². The third-order valence-electron chi connectivity index (χ3n) is 2.05. The molecule has 2 nitrogen and oxygen atoms in total.